The Labute approximate surface area is 121 Å². The molecule has 1 aromatic carbocycles. The van der Waals surface area contributed by atoms with Gasteiger partial charge in [-0.25, -0.2) is 0 Å². The smallest absolute Gasteiger partial charge is 0.124 e. The molecule has 0 bridgehead atoms. The third-order valence-corrected chi connectivity index (χ3v) is 2.78. The topological polar surface area (TPSA) is 47.9 Å². The molecule has 4 heteroatoms. The van der Waals surface area contributed by atoms with Crippen molar-refractivity contribution in [2.24, 2.45) is 0 Å². The first kappa shape index (κ1) is 17.0. The highest BCUT2D eigenvalue weighted by Crippen LogP contribution is 2.26. The molecular weight excluding hydrogens is 256 g/mol. The fourth-order valence-corrected chi connectivity index (χ4v) is 1.81. The van der Waals surface area contributed by atoms with E-state index in [2.05, 4.69) is 0 Å². The van der Waals surface area contributed by atoms with Crippen molar-refractivity contribution in [1.82, 2.24) is 0 Å². The predicted molar refractivity (Wildman–Crippen MR) is 79.2 cm³/mol. The first-order valence-electron chi connectivity index (χ1n) is 6.88. The number of aliphatic hydroxyl groups excluding tert-OH is 1. The number of aryl methyl sites for hydroxylation is 1. The molecule has 0 amide bonds. The van der Waals surface area contributed by atoms with Gasteiger partial charge in [-0.1, -0.05) is 11.6 Å². The second-order valence-electron chi connectivity index (χ2n) is 5.80. The molecule has 1 aromatic rings. The van der Waals surface area contributed by atoms with Crippen LogP contribution in [0, 0.1) is 6.92 Å². The van der Waals surface area contributed by atoms with Crippen LogP contribution in [0.1, 0.15) is 38.0 Å². The highest BCUT2D eigenvalue weighted by atomic mass is 16.5. The van der Waals surface area contributed by atoms with Gasteiger partial charge in [0, 0.05) is 5.56 Å². The van der Waals surface area contributed by atoms with E-state index in [-0.39, 0.29) is 12.2 Å². The number of methoxy groups -OCH3 is 1. The van der Waals surface area contributed by atoms with Crippen LogP contribution in [0.5, 0.6) is 5.75 Å². The average Bonchev–Trinajstić information content (AvgIpc) is 2.36. The van der Waals surface area contributed by atoms with Crippen LogP contribution in [-0.4, -0.2) is 37.6 Å². The van der Waals surface area contributed by atoms with Crippen molar-refractivity contribution in [3.8, 4) is 5.75 Å². The zero-order valence-corrected chi connectivity index (χ0v) is 13.1. The van der Waals surface area contributed by atoms with Gasteiger partial charge in [-0.2, -0.15) is 0 Å². The third-order valence-electron chi connectivity index (χ3n) is 2.78. The van der Waals surface area contributed by atoms with Crippen LogP contribution in [0.4, 0.5) is 0 Å². The summed E-state index contributed by atoms with van der Waals surface area (Å²) in [6, 6.07) is 5.72. The van der Waals surface area contributed by atoms with E-state index in [1.54, 1.807) is 7.11 Å². The standard InChI is InChI=1S/C16H26O4/c1-12-6-7-15(18-5)13(10-12)14(17)11-19-8-9-20-16(2,3)4/h6-7,10,14,17H,8-9,11H2,1-5H3. The van der Waals surface area contributed by atoms with Gasteiger partial charge in [-0.05, 0) is 39.8 Å². The lowest BCUT2D eigenvalue weighted by Crippen LogP contribution is -2.22. The summed E-state index contributed by atoms with van der Waals surface area (Å²) >= 11 is 0. The van der Waals surface area contributed by atoms with E-state index in [9.17, 15) is 5.11 Å². The molecule has 114 valence electrons. The fraction of sp³-hybridized carbons (Fsp3) is 0.625. The van der Waals surface area contributed by atoms with E-state index in [0.29, 0.717) is 19.0 Å². The van der Waals surface area contributed by atoms with E-state index in [4.69, 9.17) is 14.2 Å². The second-order valence-corrected chi connectivity index (χ2v) is 5.80. The van der Waals surface area contributed by atoms with E-state index in [1.165, 1.54) is 0 Å². The molecule has 0 heterocycles. The van der Waals surface area contributed by atoms with Gasteiger partial charge in [0.1, 0.15) is 11.9 Å². The zero-order chi connectivity index (χ0) is 15.2. The monoisotopic (exact) mass is 282 g/mol. The van der Waals surface area contributed by atoms with Crippen molar-refractivity contribution in [1.29, 1.82) is 0 Å². The lowest BCUT2D eigenvalue weighted by molar-refractivity contribution is -0.0479. The molecule has 1 atom stereocenters. The van der Waals surface area contributed by atoms with Crippen LogP contribution in [0.3, 0.4) is 0 Å². The van der Waals surface area contributed by atoms with Gasteiger partial charge in [0.2, 0.25) is 0 Å². The van der Waals surface area contributed by atoms with Crippen molar-refractivity contribution < 1.29 is 19.3 Å². The molecule has 0 spiro atoms. The maximum atomic E-state index is 10.2. The SMILES string of the molecule is COc1ccc(C)cc1C(O)COCCOC(C)(C)C. The third kappa shape index (κ3) is 5.90. The van der Waals surface area contributed by atoms with Gasteiger partial charge in [-0.3, -0.25) is 0 Å². The Morgan fingerprint density at radius 3 is 2.50 bits per heavy atom. The lowest BCUT2D eigenvalue weighted by atomic mass is 10.1. The molecule has 0 saturated heterocycles. The minimum atomic E-state index is -0.695. The Hall–Kier alpha value is -1.10. The molecule has 0 aliphatic rings. The van der Waals surface area contributed by atoms with E-state index < -0.39 is 6.10 Å². The number of ether oxygens (including phenoxy) is 3. The number of aliphatic hydroxyl groups is 1. The molecule has 0 aromatic heterocycles. The normalized spacial score (nSPS) is 13.3. The van der Waals surface area contributed by atoms with Gasteiger partial charge in [0.15, 0.2) is 0 Å². The number of rotatable bonds is 7. The molecule has 0 aliphatic carbocycles. The minimum absolute atomic E-state index is 0.165. The molecular formula is C16H26O4. The highest BCUT2D eigenvalue weighted by Gasteiger charge is 2.14. The summed E-state index contributed by atoms with van der Waals surface area (Å²) in [6.45, 7) is 9.18. The Bertz CT molecular complexity index is 409. The van der Waals surface area contributed by atoms with Gasteiger partial charge >= 0.3 is 0 Å². The minimum Gasteiger partial charge on any atom is -0.496 e. The summed E-state index contributed by atoms with van der Waals surface area (Å²) < 4.78 is 16.3. The van der Waals surface area contributed by atoms with Crippen molar-refractivity contribution in [2.75, 3.05) is 26.9 Å². The summed E-state index contributed by atoms with van der Waals surface area (Å²) in [5.41, 5.74) is 1.67. The summed E-state index contributed by atoms with van der Waals surface area (Å²) in [7, 11) is 1.60. The van der Waals surface area contributed by atoms with Gasteiger partial charge in [0.05, 0.1) is 32.5 Å². The Morgan fingerprint density at radius 2 is 1.90 bits per heavy atom. The van der Waals surface area contributed by atoms with E-state index in [1.807, 2.05) is 45.9 Å². The Balaban J connectivity index is 2.43. The average molecular weight is 282 g/mol. The maximum Gasteiger partial charge on any atom is 0.124 e. The molecule has 0 aliphatic heterocycles. The Kier molecular flexibility index (Phi) is 6.46. The zero-order valence-electron chi connectivity index (χ0n) is 13.1. The number of hydrogen-bond donors (Lipinski definition) is 1. The molecule has 0 fully saturated rings. The van der Waals surface area contributed by atoms with Crippen LogP contribution >= 0.6 is 0 Å². The van der Waals surface area contributed by atoms with Crippen LogP contribution in [0.25, 0.3) is 0 Å². The van der Waals surface area contributed by atoms with Crippen molar-refractivity contribution in [3.05, 3.63) is 29.3 Å². The fourth-order valence-electron chi connectivity index (χ4n) is 1.81. The number of hydrogen-bond acceptors (Lipinski definition) is 4. The number of benzene rings is 1. The second kappa shape index (κ2) is 7.62. The summed E-state index contributed by atoms with van der Waals surface area (Å²) in [5.74, 6) is 0.678. The largest absolute Gasteiger partial charge is 0.496 e. The lowest BCUT2D eigenvalue weighted by Gasteiger charge is -2.20. The molecule has 0 saturated carbocycles. The molecule has 4 nitrogen and oxygen atoms in total. The first-order valence-corrected chi connectivity index (χ1v) is 6.88. The summed E-state index contributed by atoms with van der Waals surface area (Å²) in [6.07, 6.45) is -0.695. The molecule has 1 unspecified atom stereocenters. The van der Waals surface area contributed by atoms with E-state index in [0.717, 1.165) is 11.1 Å². The van der Waals surface area contributed by atoms with Crippen molar-refractivity contribution in [2.45, 2.75) is 39.4 Å². The highest BCUT2D eigenvalue weighted by molar-refractivity contribution is 5.38. The van der Waals surface area contributed by atoms with Crippen molar-refractivity contribution in [3.63, 3.8) is 0 Å². The molecule has 1 rings (SSSR count). The quantitative estimate of drug-likeness (QED) is 0.781. The predicted octanol–water partition coefficient (Wildman–Crippen LogP) is 2.87. The first-order chi connectivity index (χ1) is 9.33. The summed E-state index contributed by atoms with van der Waals surface area (Å²) in [4.78, 5) is 0. The van der Waals surface area contributed by atoms with Crippen LogP contribution in [0.15, 0.2) is 18.2 Å². The van der Waals surface area contributed by atoms with Gasteiger partial charge in [-0.15, -0.1) is 0 Å². The molecule has 1 N–H and O–H groups in total. The maximum absolute atomic E-state index is 10.2. The van der Waals surface area contributed by atoms with Crippen LogP contribution in [0.2, 0.25) is 0 Å². The van der Waals surface area contributed by atoms with Gasteiger partial charge in [0.25, 0.3) is 0 Å². The van der Waals surface area contributed by atoms with Crippen LogP contribution < -0.4 is 4.74 Å². The van der Waals surface area contributed by atoms with Gasteiger partial charge < -0.3 is 19.3 Å². The summed E-state index contributed by atoms with van der Waals surface area (Å²) in [5, 5.41) is 10.2. The molecule has 20 heavy (non-hydrogen) atoms. The molecule has 0 radical (unpaired) electrons. The Morgan fingerprint density at radius 1 is 1.20 bits per heavy atom. The van der Waals surface area contributed by atoms with E-state index >= 15 is 0 Å². The van der Waals surface area contributed by atoms with Crippen molar-refractivity contribution >= 4 is 0 Å². The van der Waals surface area contributed by atoms with Crippen LogP contribution in [-0.2, 0) is 9.47 Å².